The van der Waals surface area contributed by atoms with Gasteiger partial charge in [-0.25, -0.2) is 4.79 Å². The number of nitrogens with zero attached hydrogens (tertiary/aromatic N) is 2. The third-order valence-electron chi connectivity index (χ3n) is 0.892. The molecule has 0 bridgehead atoms. The molecule has 0 saturated heterocycles. The number of carbonyl (C=O) groups excluding carboxylic acids is 1. The van der Waals surface area contributed by atoms with Crippen molar-refractivity contribution in [3.8, 4) is 0 Å². The van der Waals surface area contributed by atoms with Crippen LogP contribution in [0.3, 0.4) is 0 Å². The lowest BCUT2D eigenvalue weighted by molar-refractivity contribution is 0.0470. The van der Waals surface area contributed by atoms with Crippen LogP contribution >= 0.6 is 0 Å². The van der Waals surface area contributed by atoms with E-state index in [2.05, 4.69) is 19.4 Å². The molecule has 6 nitrogen and oxygen atoms in total. The molecule has 2 N–H and O–H groups in total. The van der Waals surface area contributed by atoms with Crippen LogP contribution in [0.4, 0.5) is 5.95 Å². The van der Waals surface area contributed by atoms with Crippen molar-refractivity contribution in [2.75, 3.05) is 12.3 Å². The van der Waals surface area contributed by atoms with Crippen LogP contribution in [0.2, 0.25) is 0 Å². The predicted molar refractivity (Wildman–Crippen MR) is 34.7 cm³/mol. The Morgan fingerprint density at radius 1 is 1.82 bits per heavy atom. The molecule has 60 valence electrons. The minimum absolute atomic E-state index is 0.0759. The molecular weight excluding hydrogens is 150 g/mol. The molecule has 0 radical (unpaired) electrons. The summed E-state index contributed by atoms with van der Waals surface area (Å²) in [6.45, 7) is 1.94. The molecule has 0 aliphatic heterocycles. The number of aromatic nitrogens is 2. The zero-order chi connectivity index (χ0) is 8.27. The van der Waals surface area contributed by atoms with Gasteiger partial charge in [-0.1, -0.05) is 0 Å². The van der Waals surface area contributed by atoms with Crippen molar-refractivity contribution in [2.24, 2.45) is 0 Å². The van der Waals surface area contributed by atoms with Crippen molar-refractivity contribution in [1.82, 2.24) is 10.1 Å². The van der Waals surface area contributed by atoms with E-state index < -0.39 is 5.97 Å². The van der Waals surface area contributed by atoms with E-state index in [0.29, 0.717) is 0 Å². The van der Waals surface area contributed by atoms with E-state index in [0.717, 1.165) is 0 Å². The lowest BCUT2D eigenvalue weighted by Crippen LogP contribution is -2.04. The SMILES string of the molecule is CCOC(=O)c1nc(N)no1. The minimum Gasteiger partial charge on any atom is -0.459 e. The monoisotopic (exact) mass is 157 g/mol. The van der Waals surface area contributed by atoms with E-state index in [1.165, 1.54) is 0 Å². The molecule has 0 atom stereocenters. The van der Waals surface area contributed by atoms with Crippen molar-refractivity contribution < 1.29 is 14.1 Å². The van der Waals surface area contributed by atoms with Crippen LogP contribution in [-0.2, 0) is 4.74 Å². The molecule has 0 saturated carbocycles. The third-order valence-corrected chi connectivity index (χ3v) is 0.892. The van der Waals surface area contributed by atoms with Crippen LogP contribution in [0.15, 0.2) is 4.52 Å². The van der Waals surface area contributed by atoms with Gasteiger partial charge in [0.1, 0.15) is 0 Å². The number of anilines is 1. The standard InChI is InChI=1S/C5H7N3O3/c1-2-10-4(9)3-7-5(6)8-11-3/h2H2,1H3,(H2,6,8). The molecule has 0 unspecified atom stereocenters. The first-order valence-corrected chi connectivity index (χ1v) is 3.00. The van der Waals surface area contributed by atoms with Crippen LogP contribution in [-0.4, -0.2) is 22.7 Å². The van der Waals surface area contributed by atoms with E-state index in [9.17, 15) is 4.79 Å². The average Bonchev–Trinajstić information content (AvgIpc) is 2.36. The maximum atomic E-state index is 10.8. The Balaban J connectivity index is 2.69. The molecule has 1 aromatic heterocycles. The van der Waals surface area contributed by atoms with Gasteiger partial charge in [0.2, 0.25) is 0 Å². The smallest absolute Gasteiger partial charge is 0.397 e. The number of rotatable bonds is 2. The number of nitrogen functional groups attached to an aromatic ring is 1. The quantitative estimate of drug-likeness (QED) is 0.599. The summed E-state index contributed by atoms with van der Waals surface area (Å²) < 4.78 is 8.97. The lowest BCUT2D eigenvalue weighted by atomic mass is 10.6. The van der Waals surface area contributed by atoms with Crippen LogP contribution in [0.25, 0.3) is 0 Å². The Bertz CT molecular complexity index is 257. The van der Waals surface area contributed by atoms with E-state index in [4.69, 9.17) is 5.73 Å². The van der Waals surface area contributed by atoms with Crippen molar-refractivity contribution in [3.05, 3.63) is 5.89 Å². The van der Waals surface area contributed by atoms with E-state index in [-0.39, 0.29) is 18.4 Å². The number of carbonyl (C=O) groups is 1. The molecule has 1 aromatic rings. The van der Waals surface area contributed by atoms with Crippen molar-refractivity contribution >= 4 is 11.9 Å². The van der Waals surface area contributed by atoms with Gasteiger partial charge in [0.15, 0.2) is 0 Å². The summed E-state index contributed by atoms with van der Waals surface area (Å²) in [6, 6.07) is 0. The number of hydrogen-bond donors (Lipinski definition) is 1. The van der Waals surface area contributed by atoms with Gasteiger partial charge in [-0.2, -0.15) is 4.98 Å². The largest absolute Gasteiger partial charge is 0.459 e. The third kappa shape index (κ3) is 1.66. The summed E-state index contributed by atoms with van der Waals surface area (Å²) in [7, 11) is 0. The highest BCUT2D eigenvalue weighted by Crippen LogP contribution is 1.99. The Hall–Kier alpha value is -1.59. The summed E-state index contributed by atoms with van der Waals surface area (Å²) >= 11 is 0. The second-order valence-corrected chi connectivity index (χ2v) is 1.68. The summed E-state index contributed by atoms with van der Waals surface area (Å²) in [5, 5.41) is 3.21. The molecule has 11 heavy (non-hydrogen) atoms. The first kappa shape index (κ1) is 7.52. The number of nitrogens with two attached hydrogens (primary N) is 1. The Labute approximate surface area is 62.3 Å². The minimum atomic E-state index is -0.656. The summed E-state index contributed by atoms with van der Waals surface area (Å²) in [5.41, 5.74) is 5.09. The maximum Gasteiger partial charge on any atom is 0.397 e. The molecule has 0 aromatic carbocycles. The predicted octanol–water partition coefficient (Wildman–Crippen LogP) is -0.171. The highest BCUT2D eigenvalue weighted by molar-refractivity contribution is 5.84. The first-order chi connectivity index (χ1) is 5.24. The second-order valence-electron chi connectivity index (χ2n) is 1.68. The van der Waals surface area contributed by atoms with Crippen LogP contribution in [0, 0.1) is 0 Å². The van der Waals surface area contributed by atoms with Gasteiger partial charge in [0.05, 0.1) is 6.61 Å². The molecule has 0 fully saturated rings. The normalized spacial score (nSPS) is 9.55. The van der Waals surface area contributed by atoms with Gasteiger partial charge in [0.25, 0.3) is 5.95 Å². The van der Waals surface area contributed by atoms with Crippen molar-refractivity contribution in [3.63, 3.8) is 0 Å². The number of esters is 1. The van der Waals surface area contributed by atoms with E-state index >= 15 is 0 Å². The van der Waals surface area contributed by atoms with Gasteiger partial charge in [-0.05, 0) is 12.1 Å². The van der Waals surface area contributed by atoms with Gasteiger partial charge < -0.3 is 15.0 Å². The highest BCUT2D eigenvalue weighted by Gasteiger charge is 2.13. The zero-order valence-electron chi connectivity index (χ0n) is 5.90. The lowest BCUT2D eigenvalue weighted by Gasteiger charge is -1.92. The van der Waals surface area contributed by atoms with Crippen molar-refractivity contribution in [1.29, 1.82) is 0 Å². The number of ether oxygens (including phenoxy) is 1. The molecular formula is C5H7N3O3. The zero-order valence-corrected chi connectivity index (χ0v) is 5.90. The summed E-state index contributed by atoms with van der Waals surface area (Å²) in [5.74, 6) is -0.950. The van der Waals surface area contributed by atoms with E-state index in [1.54, 1.807) is 6.92 Å². The molecule has 1 heterocycles. The van der Waals surface area contributed by atoms with Gasteiger partial charge in [0, 0.05) is 0 Å². The molecule has 0 spiro atoms. The van der Waals surface area contributed by atoms with Crippen LogP contribution in [0.1, 0.15) is 17.6 Å². The van der Waals surface area contributed by atoms with Gasteiger partial charge in [-0.15, -0.1) is 0 Å². The van der Waals surface area contributed by atoms with Gasteiger partial charge in [-0.3, -0.25) is 0 Å². The average molecular weight is 157 g/mol. The Kier molecular flexibility index (Phi) is 2.05. The number of hydrogen-bond acceptors (Lipinski definition) is 6. The molecule has 0 aliphatic carbocycles. The molecule has 1 rings (SSSR count). The highest BCUT2D eigenvalue weighted by atomic mass is 16.6. The molecule has 6 heteroatoms. The van der Waals surface area contributed by atoms with Crippen LogP contribution < -0.4 is 5.73 Å². The molecule has 0 amide bonds. The van der Waals surface area contributed by atoms with Crippen molar-refractivity contribution in [2.45, 2.75) is 6.92 Å². The van der Waals surface area contributed by atoms with Gasteiger partial charge >= 0.3 is 11.9 Å². The Morgan fingerprint density at radius 2 is 2.55 bits per heavy atom. The van der Waals surface area contributed by atoms with Crippen LogP contribution in [0.5, 0.6) is 0 Å². The molecule has 0 aliphatic rings. The maximum absolute atomic E-state index is 10.8. The summed E-state index contributed by atoms with van der Waals surface area (Å²) in [6.07, 6.45) is 0. The Morgan fingerprint density at radius 3 is 3.00 bits per heavy atom. The second kappa shape index (κ2) is 3.00. The first-order valence-electron chi connectivity index (χ1n) is 3.00. The fraction of sp³-hybridized carbons (Fsp3) is 0.400. The fourth-order valence-corrected chi connectivity index (χ4v) is 0.511. The summed E-state index contributed by atoms with van der Waals surface area (Å²) in [4.78, 5) is 14.2. The topological polar surface area (TPSA) is 91.2 Å². The van der Waals surface area contributed by atoms with E-state index in [1.807, 2.05) is 0 Å². The fourth-order valence-electron chi connectivity index (χ4n) is 0.511.